The first-order chi connectivity index (χ1) is 17.0. The van der Waals surface area contributed by atoms with Crippen molar-refractivity contribution >= 4 is 29.0 Å². The quantitative estimate of drug-likeness (QED) is 0.390. The Balaban J connectivity index is 1.40. The standard InChI is InChI=1S/C26H23N7O2/c1-15-2-5-20(31-26(35)23-12-19(27)14-30-33-23)13-21(15)17-6-8-28-22(10-17)18-7-9-29-24(11-18)32-25(34)16-3-4-16/h2,5-14,16H,3-4H2,1H3,(H2,27,33)(H,31,35)(H,29,32,34). The molecule has 1 aliphatic carbocycles. The van der Waals surface area contributed by atoms with Crippen LogP contribution in [0.1, 0.15) is 28.9 Å². The number of benzene rings is 1. The first-order valence-electron chi connectivity index (χ1n) is 11.2. The van der Waals surface area contributed by atoms with Gasteiger partial charge in [-0.05, 0) is 78.9 Å². The lowest BCUT2D eigenvalue weighted by Gasteiger charge is -2.12. The summed E-state index contributed by atoms with van der Waals surface area (Å²) >= 11 is 0. The van der Waals surface area contributed by atoms with Crippen molar-refractivity contribution in [3.8, 4) is 22.4 Å². The Hall–Kier alpha value is -4.66. The summed E-state index contributed by atoms with van der Waals surface area (Å²) in [6.45, 7) is 2.00. The summed E-state index contributed by atoms with van der Waals surface area (Å²) < 4.78 is 0. The maximum Gasteiger partial charge on any atom is 0.276 e. The lowest BCUT2D eigenvalue weighted by atomic mass is 9.99. The van der Waals surface area contributed by atoms with Gasteiger partial charge in [0.25, 0.3) is 5.91 Å². The molecule has 0 spiro atoms. The summed E-state index contributed by atoms with van der Waals surface area (Å²) in [6, 6.07) is 14.7. The van der Waals surface area contributed by atoms with Gasteiger partial charge in [0.15, 0.2) is 5.69 Å². The molecule has 0 saturated heterocycles. The first kappa shape index (κ1) is 22.1. The Bertz CT molecular complexity index is 1430. The third kappa shape index (κ3) is 5.14. The van der Waals surface area contributed by atoms with Crippen LogP contribution in [-0.4, -0.2) is 32.0 Å². The number of nitrogens with zero attached hydrogens (tertiary/aromatic N) is 4. The number of nitrogens with two attached hydrogens (primary N) is 1. The monoisotopic (exact) mass is 465 g/mol. The zero-order chi connectivity index (χ0) is 24.4. The number of aromatic nitrogens is 4. The van der Waals surface area contributed by atoms with Gasteiger partial charge in [0, 0.05) is 29.6 Å². The third-order valence-corrected chi connectivity index (χ3v) is 5.73. The number of anilines is 3. The van der Waals surface area contributed by atoms with Crippen LogP contribution in [0.15, 0.2) is 67.1 Å². The van der Waals surface area contributed by atoms with E-state index in [0.717, 1.165) is 40.8 Å². The number of amides is 2. The molecule has 2 amide bonds. The number of pyridine rings is 2. The van der Waals surface area contributed by atoms with Crippen LogP contribution in [0.25, 0.3) is 22.4 Å². The molecule has 9 nitrogen and oxygen atoms in total. The molecular formula is C26H23N7O2. The second-order valence-corrected chi connectivity index (χ2v) is 8.48. The number of carbonyl (C=O) groups excluding carboxylic acids is 2. The number of nitrogen functional groups attached to an aromatic ring is 1. The molecule has 4 N–H and O–H groups in total. The predicted octanol–water partition coefficient (Wildman–Crippen LogP) is 4.09. The van der Waals surface area contributed by atoms with Crippen molar-refractivity contribution in [3.63, 3.8) is 0 Å². The van der Waals surface area contributed by atoms with Crippen LogP contribution in [0.4, 0.5) is 17.2 Å². The Kier molecular flexibility index (Phi) is 5.88. The van der Waals surface area contributed by atoms with E-state index in [9.17, 15) is 9.59 Å². The number of carbonyl (C=O) groups is 2. The molecule has 3 aromatic heterocycles. The van der Waals surface area contributed by atoms with E-state index in [1.165, 1.54) is 12.3 Å². The average Bonchev–Trinajstić information content (AvgIpc) is 3.71. The fraction of sp³-hybridized carbons (Fsp3) is 0.154. The Morgan fingerprint density at radius 2 is 1.74 bits per heavy atom. The fourth-order valence-corrected chi connectivity index (χ4v) is 3.69. The van der Waals surface area contributed by atoms with Crippen LogP contribution in [0.3, 0.4) is 0 Å². The molecule has 0 radical (unpaired) electrons. The SMILES string of the molecule is Cc1ccc(NC(=O)c2cc(N)cnn2)cc1-c1ccnc(-c2ccnc(NC(=O)C3CC3)c2)c1. The van der Waals surface area contributed by atoms with Crippen molar-refractivity contribution in [2.24, 2.45) is 5.92 Å². The third-order valence-electron chi connectivity index (χ3n) is 5.73. The average molecular weight is 466 g/mol. The lowest BCUT2D eigenvalue weighted by Crippen LogP contribution is -2.14. The van der Waals surface area contributed by atoms with E-state index in [1.54, 1.807) is 12.4 Å². The molecule has 0 aliphatic heterocycles. The van der Waals surface area contributed by atoms with E-state index in [2.05, 4.69) is 30.8 Å². The topological polar surface area (TPSA) is 136 Å². The van der Waals surface area contributed by atoms with Crippen LogP contribution in [0, 0.1) is 12.8 Å². The second-order valence-electron chi connectivity index (χ2n) is 8.48. The molecule has 0 bridgehead atoms. The van der Waals surface area contributed by atoms with Gasteiger partial charge in [-0.3, -0.25) is 14.6 Å². The summed E-state index contributed by atoms with van der Waals surface area (Å²) in [5, 5.41) is 13.3. The minimum Gasteiger partial charge on any atom is -0.397 e. The van der Waals surface area contributed by atoms with Gasteiger partial charge in [-0.1, -0.05) is 6.07 Å². The van der Waals surface area contributed by atoms with Gasteiger partial charge in [-0.2, -0.15) is 5.10 Å². The summed E-state index contributed by atoms with van der Waals surface area (Å²) in [7, 11) is 0. The number of hydrogen-bond donors (Lipinski definition) is 3. The molecule has 1 aliphatic rings. The lowest BCUT2D eigenvalue weighted by molar-refractivity contribution is -0.117. The van der Waals surface area contributed by atoms with Crippen molar-refractivity contribution in [2.45, 2.75) is 19.8 Å². The van der Waals surface area contributed by atoms with Gasteiger partial charge < -0.3 is 16.4 Å². The molecule has 1 aromatic carbocycles. The van der Waals surface area contributed by atoms with E-state index < -0.39 is 5.91 Å². The van der Waals surface area contributed by atoms with Crippen molar-refractivity contribution in [2.75, 3.05) is 16.4 Å². The largest absolute Gasteiger partial charge is 0.397 e. The van der Waals surface area contributed by atoms with E-state index in [0.29, 0.717) is 17.2 Å². The molecule has 35 heavy (non-hydrogen) atoms. The minimum atomic E-state index is -0.396. The number of aryl methyl sites for hydroxylation is 1. The molecule has 0 atom stereocenters. The summed E-state index contributed by atoms with van der Waals surface area (Å²) in [4.78, 5) is 33.5. The molecule has 9 heteroatoms. The van der Waals surface area contributed by atoms with E-state index in [4.69, 9.17) is 5.73 Å². The normalized spacial score (nSPS) is 12.7. The van der Waals surface area contributed by atoms with Gasteiger partial charge in [-0.15, -0.1) is 5.10 Å². The number of hydrogen-bond acceptors (Lipinski definition) is 7. The first-order valence-corrected chi connectivity index (χ1v) is 11.2. The molecule has 1 fully saturated rings. The highest BCUT2D eigenvalue weighted by molar-refractivity contribution is 6.03. The van der Waals surface area contributed by atoms with Gasteiger partial charge in [-0.25, -0.2) is 4.98 Å². The number of rotatable bonds is 6. The Morgan fingerprint density at radius 1 is 0.943 bits per heavy atom. The molecule has 3 heterocycles. The van der Waals surface area contributed by atoms with Crippen LogP contribution >= 0.6 is 0 Å². The summed E-state index contributed by atoms with van der Waals surface area (Å²) in [5.74, 6) is 0.226. The van der Waals surface area contributed by atoms with Crippen LogP contribution in [0.2, 0.25) is 0 Å². The zero-order valence-corrected chi connectivity index (χ0v) is 19.0. The van der Waals surface area contributed by atoms with Crippen molar-refractivity contribution in [1.29, 1.82) is 0 Å². The highest BCUT2D eigenvalue weighted by Gasteiger charge is 2.29. The number of nitrogens with one attached hydrogen (secondary N) is 2. The molecule has 4 aromatic rings. The van der Waals surface area contributed by atoms with E-state index in [-0.39, 0.29) is 17.5 Å². The van der Waals surface area contributed by atoms with Crippen molar-refractivity contribution in [1.82, 2.24) is 20.2 Å². The van der Waals surface area contributed by atoms with Gasteiger partial charge >= 0.3 is 0 Å². The maximum absolute atomic E-state index is 12.6. The van der Waals surface area contributed by atoms with Gasteiger partial charge in [0.05, 0.1) is 17.6 Å². The molecule has 174 valence electrons. The minimum absolute atomic E-state index is 0.00928. The Labute approximate surface area is 201 Å². The summed E-state index contributed by atoms with van der Waals surface area (Å²) in [6.07, 6.45) is 6.64. The highest BCUT2D eigenvalue weighted by Crippen LogP contribution is 2.32. The molecular weight excluding hydrogens is 442 g/mol. The van der Waals surface area contributed by atoms with Crippen LogP contribution in [-0.2, 0) is 4.79 Å². The summed E-state index contributed by atoms with van der Waals surface area (Å²) in [5.41, 5.74) is 11.3. The molecule has 5 rings (SSSR count). The van der Waals surface area contributed by atoms with Crippen molar-refractivity contribution < 1.29 is 9.59 Å². The second kappa shape index (κ2) is 9.30. The van der Waals surface area contributed by atoms with Crippen LogP contribution < -0.4 is 16.4 Å². The van der Waals surface area contributed by atoms with E-state index >= 15 is 0 Å². The zero-order valence-electron chi connectivity index (χ0n) is 19.0. The van der Waals surface area contributed by atoms with Crippen LogP contribution in [0.5, 0.6) is 0 Å². The van der Waals surface area contributed by atoms with Gasteiger partial charge in [0.1, 0.15) is 5.82 Å². The smallest absolute Gasteiger partial charge is 0.276 e. The van der Waals surface area contributed by atoms with Crippen molar-refractivity contribution in [3.05, 3.63) is 78.4 Å². The Morgan fingerprint density at radius 3 is 2.54 bits per heavy atom. The molecule has 0 unspecified atom stereocenters. The van der Waals surface area contributed by atoms with Gasteiger partial charge in [0.2, 0.25) is 5.91 Å². The maximum atomic E-state index is 12.6. The highest BCUT2D eigenvalue weighted by atomic mass is 16.2. The van der Waals surface area contributed by atoms with E-state index in [1.807, 2.05) is 49.4 Å². The predicted molar refractivity (Wildman–Crippen MR) is 133 cm³/mol. The molecule has 1 saturated carbocycles. The fourth-order valence-electron chi connectivity index (χ4n) is 3.69.